The van der Waals surface area contributed by atoms with Gasteiger partial charge in [0.15, 0.2) is 0 Å². The molecule has 0 saturated carbocycles. The summed E-state index contributed by atoms with van der Waals surface area (Å²) in [6.45, 7) is 5.94. The Morgan fingerprint density at radius 2 is 1.86 bits per heavy atom. The second-order valence-corrected chi connectivity index (χ2v) is 9.41. The number of rotatable bonds is 7. The van der Waals surface area contributed by atoms with E-state index in [1.54, 1.807) is 42.6 Å². The fourth-order valence-electron chi connectivity index (χ4n) is 3.84. The molecule has 2 aromatic heterocycles. The maximum atomic E-state index is 15.0. The first kappa shape index (κ1) is 25.6. The zero-order valence-electron chi connectivity index (χ0n) is 20.8. The lowest BCUT2D eigenvalue weighted by molar-refractivity contribution is -0.154. The van der Waals surface area contributed by atoms with Crippen LogP contribution < -0.4 is 15.8 Å². The van der Waals surface area contributed by atoms with Crippen LogP contribution in [0.15, 0.2) is 61.1 Å². The molecule has 0 spiro atoms. The highest BCUT2D eigenvalue weighted by Crippen LogP contribution is 2.34. The number of amides is 1. The standard InChI is InChI=1S/C27H28FN5O4/c1-27(2,3)37-22(34)10-7-13-33-15-19(23-24(29)30-16-31-25(23)33)17-11-12-21(20(28)14-17)32-26(35)36-18-8-5-4-6-9-18/h4-6,8-9,11-12,14-16H,7,10,13H2,1-3H3,(H,32,35)(H2,29,30,31). The molecular formula is C27H28FN5O4. The van der Waals surface area contributed by atoms with Crippen LogP contribution in [0.25, 0.3) is 22.2 Å². The van der Waals surface area contributed by atoms with Gasteiger partial charge >= 0.3 is 12.1 Å². The Morgan fingerprint density at radius 1 is 1.11 bits per heavy atom. The number of benzene rings is 2. The van der Waals surface area contributed by atoms with Crippen LogP contribution in [0.5, 0.6) is 5.75 Å². The van der Waals surface area contributed by atoms with E-state index in [0.29, 0.717) is 40.9 Å². The Bertz CT molecular complexity index is 1430. The van der Waals surface area contributed by atoms with Crippen LogP contribution in [-0.2, 0) is 16.1 Å². The molecule has 9 nitrogen and oxygen atoms in total. The summed E-state index contributed by atoms with van der Waals surface area (Å²) in [5.41, 5.74) is 7.30. The van der Waals surface area contributed by atoms with E-state index in [1.165, 1.54) is 18.5 Å². The molecule has 4 rings (SSSR count). The number of ether oxygens (including phenoxy) is 2. The first-order valence-electron chi connectivity index (χ1n) is 11.8. The second kappa shape index (κ2) is 10.7. The number of esters is 1. The number of carbonyl (C=O) groups is 2. The van der Waals surface area contributed by atoms with E-state index in [4.69, 9.17) is 15.2 Å². The predicted octanol–water partition coefficient (Wildman–Crippen LogP) is 5.55. The van der Waals surface area contributed by atoms with Crippen molar-refractivity contribution in [1.29, 1.82) is 0 Å². The lowest BCUT2D eigenvalue weighted by Gasteiger charge is -2.19. The molecule has 2 heterocycles. The molecule has 192 valence electrons. The molecule has 0 bridgehead atoms. The van der Waals surface area contributed by atoms with E-state index in [1.807, 2.05) is 25.3 Å². The summed E-state index contributed by atoms with van der Waals surface area (Å²) >= 11 is 0. The van der Waals surface area contributed by atoms with E-state index < -0.39 is 17.5 Å². The number of aryl methyl sites for hydroxylation is 1. The normalized spacial score (nSPS) is 11.4. The van der Waals surface area contributed by atoms with Gasteiger partial charge in [0.1, 0.15) is 35.0 Å². The number of halogens is 1. The fourth-order valence-corrected chi connectivity index (χ4v) is 3.84. The summed E-state index contributed by atoms with van der Waals surface area (Å²) in [7, 11) is 0. The van der Waals surface area contributed by atoms with Gasteiger partial charge in [-0.2, -0.15) is 0 Å². The fraction of sp³-hybridized carbons (Fsp3) is 0.259. The minimum atomic E-state index is -0.808. The van der Waals surface area contributed by atoms with Gasteiger partial charge in [0.2, 0.25) is 0 Å². The number of carbonyl (C=O) groups excluding carboxylic acids is 2. The smallest absolute Gasteiger partial charge is 0.417 e. The van der Waals surface area contributed by atoms with Gasteiger partial charge in [0.25, 0.3) is 0 Å². The van der Waals surface area contributed by atoms with Crippen molar-refractivity contribution in [3.05, 3.63) is 66.9 Å². The summed E-state index contributed by atoms with van der Waals surface area (Å²) < 4.78 is 27.4. The third kappa shape index (κ3) is 6.40. The SMILES string of the molecule is CC(C)(C)OC(=O)CCCn1cc(-c2ccc(NC(=O)Oc3ccccc3)c(F)c2)c2c(N)ncnc21. The molecule has 37 heavy (non-hydrogen) atoms. The molecule has 0 fully saturated rings. The third-order valence-corrected chi connectivity index (χ3v) is 5.35. The summed E-state index contributed by atoms with van der Waals surface area (Å²) in [5.74, 6) is -0.343. The van der Waals surface area contributed by atoms with Gasteiger partial charge in [-0.3, -0.25) is 10.1 Å². The van der Waals surface area contributed by atoms with Crippen molar-refractivity contribution in [2.45, 2.75) is 45.8 Å². The Labute approximate surface area is 213 Å². The van der Waals surface area contributed by atoms with Crippen molar-refractivity contribution in [2.24, 2.45) is 0 Å². The van der Waals surface area contributed by atoms with Crippen molar-refractivity contribution in [1.82, 2.24) is 14.5 Å². The molecule has 0 atom stereocenters. The van der Waals surface area contributed by atoms with Crippen LogP contribution in [0.3, 0.4) is 0 Å². The number of nitrogen functional groups attached to an aromatic ring is 1. The minimum absolute atomic E-state index is 0.0324. The highest BCUT2D eigenvalue weighted by Gasteiger charge is 2.19. The lowest BCUT2D eigenvalue weighted by atomic mass is 10.1. The number of fused-ring (bicyclic) bond motifs is 1. The summed E-state index contributed by atoms with van der Waals surface area (Å²) in [6, 6.07) is 12.9. The topological polar surface area (TPSA) is 121 Å². The molecule has 0 aliphatic rings. The zero-order chi connectivity index (χ0) is 26.6. The van der Waals surface area contributed by atoms with Crippen molar-refractivity contribution < 1.29 is 23.5 Å². The van der Waals surface area contributed by atoms with Crippen LogP contribution in [-0.4, -0.2) is 32.2 Å². The number of para-hydroxylation sites is 1. The monoisotopic (exact) mass is 505 g/mol. The van der Waals surface area contributed by atoms with Crippen LogP contribution >= 0.6 is 0 Å². The predicted molar refractivity (Wildman–Crippen MR) is 139 cm³/mol. The van der Waals surface area contributed by atoms with E-state index >= 15 is 0 Å². The summed E-state index contributed by atoms with van der Waals surface area (Å²) in [6.07, 6.45) is 3.11. The first-order chi connectivity index (χ1) is 17.6. The summed E-state index contributed by atoms with van der Waals surface area (Å²) in [4.78, 5) is 32.7. The van der Waals surface area contributed by atoms with Gasteiger partial charge in [-0.25, -0.2) is 19.2 Å². The van der Waals surface area contributed by atoms with E-state index in [9.17, 15) is 14.0 Å². The number of nitrogens with zero attached hydrogens (tertiary/aromatic N) is 3. The molecule has 4 aromatic rings. The number of anilines is 2. The first-order valence-corrected chi connectivity index (χ1v) is 11.8. The number of hydrogen-bond donors (Lipinski definition) is 2. The largest absolute Gasteiger partial charge is 0.460 e. The third-order valence-electron chi connectivity index (χ3n) is 5.35. The molecule has 0 unspecified atom stereocenters. The van der Waals surface area contributed by atoms with Gasteiger partial charge < -0.3 is 19.8 Å². The molecule has 0 aliphatic heterocycles. The van der Waals surface area contributed by atoms with Crippen molar-refractivity contribution in [3.8, 4) is 16.9 Å². The lowest BCUT2D eigenvalue weighted by Crippen LogP contribution is -2.23. The van der Waals surface area contributed by atoms with Gasteiger partial charge in [0, 0.05) is 24.7 Å². The van der Waals surface area contributed by atoms with E-state index in [2.05, 4.69) is 15.3 Å². The molecule has 10 heteroatoms. The number of nitrogens with one attached hydrogen (secondary N) is 1. The van der Waals surface area contributed by atoms with Gasteiger partial charge in [0.05, 0.1) is 11.1 Å². The van der Waals surface area contributed by atoms with E-state index in [0.717, 1.165) is 0 Å². The second-order valence-electron chi connectivity index (χ2n) is 9.41. The van der Waals surface area contributed by atoms with Gasteiger partial charge in [-0.1, -0.05) is 24.3 Å². The molecule has 3 N–H and O–H groups in total. The molecule has 1 amide bonds. The average molecular weight is 506 g/mol. The average Bonchev–Trinajstić information content (AvgIpc) is 3.20. The van der Waals surface area contributed by atoms with Gasteiger partial charge in [-0.15, -0.1) is 0 Å². The highest BCUT2D eigenvalue weighted by atomic mass is 19.1. The Balaban J connectivity index is 1.53. The number of aromatic nitrogens is 3. The van der Waals surface area contributed by atoms with Crippen LogP contribution in [0.4, 0.5) is 20.7 Å². The van der Waals surface area contributed by atoms with Crippen molar-refractivity contribution in [2.75, 3.05) is 11.1 Å². The molecule has 0 aliphatic carbocycles. The minimum Gasteiger partial charge on any atom is -0.460 e. The Hall–Kier alpha value is -4.47. The van der Waals surface area contributed by atoms with Crippen LogP contribution in [0.2, 0.25) is 0 Å². The van der Waals surface area contributed by atoms with Crippen LogP contribution in [0, 0.1) is 5.82 Å². The quantitative estimate of drug-likeness (QED) is 0.316. The van der Waals surface area contributed by atoms with E-state index in [-0.39, 0.29) is 23.9 Å². The Morgan fingerprint density at radius 3 is 2.57 bits per heavy atom. The van der Waals surface area contributed by atoms with Crippen LogP contribution in [0.1, 0.15) is 33.6 Å². The number of nitrogens with two attached hydrogens (primary N) is 1. The van der Waals surface area contributed by atoms with Crippen molar-refractivity contribution >= 4 is 34.6 Å². The molecular weight excluding hydrogens is 477 g/mol. The maximum Gasteiger partial charge on any atom is 0.417 e. The Kier molecular flexibility index (Phi) is 7.37. The van der Waals surface area contributed by atoms with Crippen molar-refractivity contribution in [3.63, 3.8) is 0 Å². The maximum absolute atomic E-state index is 15.0. The zero-order valence-corrected chi connectivity index (χ0v) is 20.8. The molecule has 0 saturated heterocycles. The number of hydrogen-bond acceptors (Lipinski definition) is 7. The highest BCUT2D eigenvalue weighted by molar-refractivity contribution is 6.01. The molecule has 2 aromatic carbocycles. The summed E-state index contributed by atoms with van der Waals surface area (Å²) in [5, 5.41) is 2.98. The van der Waals surface area contributed by atoms with Gasteiger partial charge in [-0.05, 0) is 57.0 Å². The molecule has 0 radical (unpaired) electrons.